The van der Waals surface area contributed by atoms with Crippen LogP contribution in [0, 0.1) is 11.3 Å². The van der Waals surface area contributed by atoms with Gasteiger partial charge in [-0.15, -0.1) is 0 Å². The lowest BCUT2D eigenvalue weighted by atomic mass is 10.1. The minimum atomic E-state index is 0.363. The van der Waals surface area contributed by atoms with Crippen molar-refractivity contribution in [1.29, 1.82) is 5.26 Å². The van der Waals surface area contributed by atoms with E-state index in [1.807, 2.05) is 4.68 Å². The van der Waals surface area contributed by atoms with Crippen LogP contribution < -0.4 is 5.73 Å². The second kappa shape index (κ2) is 4.35. The third-order valence-electron chi connectivity index (χ3n) is 3.08. The molecule has 1 saturated carbocycles. The smallest absolute Gasteiger partial charge is 0.163 e. The molecule has 0 unspecified atom stereocenters. The van der Waals surface area contributed by atoms with E-state index in [2.05, 4.69) is 11.2 Å². The van der Waals surface area contributed by atoms with E-state index in [0.717, 1.165) is 12.8 Å². The number of nitrogens with two attached hydrogens (primary N) is 1. The molecule has 4 nitrogen and oxygen atoms in total. The molecule has 0 spiro atoms. The zero-order valence-corrected chi connectivity index (χ0v) is 8.82. The predicted molar refractivity (Wildman–Crippen MR) is 58.1 cm³/mol. The van der Waals surface area contributed by atoms with Gasteiger partial charge in [-0.1, -0.05) is 25.7 Å². The number of nitrogens with zero attached hydrogens (tertiary/aromatic N) is 3. The quantitative estimate of drug-likeness (QED) is 0.713. The summed E-state index contributed by atoms with van der Waals surface area (Å²) in [7, 11) is 0. The van der Waals surface area contributed by atoms with Crippen LogP contribution in [0.5, 0.6) is 0 Å². The second-order valence-electron chi connectivity index (χ2n) is 4.17. The van der Waals surface area contributed by atoms with Crippen LogP contribution in [-0.2, 0) is 0 Å². The normalized spacial score (nSPS) is 18.3. The Kier molecular flexibility index (Phi) is 2.91. The average molecular weight is 204 g/mol. The summed E-state index contributed by atoms with van der Waals surface area (Å²) in [5.74, 6) is 0.363. The molecule has 0 radical (unpaired) electrons. The van der Waals surface area contributed by atoms with Gasteiger partial charge < -0.3 is 5.73 Å². The lowest BCUT2D eigenvalue weighted by molar-refractivity contribution is 0.406. The summed E-state index contributed by atoms with van der Waals surface area (Å²) < 4.78 is 1.89. The Morgan fingerprint density at radius 3 is 2.53 bits per heavy atom. The molecule has 1 aliphatic carbocycles. The number of rotatable bonds is 1. The summed E-state index contributed by atoms with van der Waals surface area (Å²) in [6.07, 6.45) is 9.25. The van der Waals surface area contributed by atoms with E-state index in [1.165, 1.54) is 25.7 Å². The highest BCUT2D eigenvalue weighted by atomic mass is 15.3. The van der Waals surface area contributed by atoms with Crippen LogP contribution in [0.1, 0.15) is 50.1 Å². The maximum absolute atomic E-state index is 8.80. The predicted octanol–water partition coefficient (Wildman–Crippen LogP) is 2.23. The van der Waals surface area contributed by atoms with E-state index in [4.69, 9.17) is 11.0 Å². The van der Waals surface area contributed by atoms with Gasteiger partial charge in [0.25, 0.3) is 0 Å². The van der Waals surface area contributed by atoms with Crippen molar-refractivity contribution in [2.24, 2.45) is 0 Å². The molecule has 0 saturated heterocycles. The molecule has 2 rings (SSSR count). The molecule has 0 amide bonds. The maximum atomic E-state index is 8.80. The fourth-order valence-electron chi connectivity index (χ4n) is 2.20. The Morgan fingerprint density at radius 1 is 1.33 bits per heavy atom. The van der Waals surface area contributed by atoms with E-state index >= 15 is 0 Å². The maximum Gasteiger partial charge on any atom is 0.163 e. The summed E-state index contributed by atoms with van der Waals surface area (Å²) in [5.41, 5.74) is 6.14. The number of aromatic nitrogens is 2. The lowest BCUT2D eigenvalue weighted by Crippen LogP contribution is -2.08. The summed E-state index contributed by atoms with van der Waals surface area (Å²) in [5, 5.41) is 13.0. The molecule has 4 heteroatoms. The topological polar surface area (TPSA) is 67.6 Å². The number of hydrogen-bond donors (Lipinski definition) is 1. The van der Waals surface area contributed by atoms with Crippen molar-refractivity contribution >= 4 is 5.82 Å². The van der Waals surface area contributed by atoms with E-state index in [9.17, 15) is 0 Å². The first kappa shape index (κ1) is 10.0. The van der Waals surface area contributed by atoms with Crippen molar-refractivity contribution in [3.05, 3.63) is 11.8 Å². The minimum Gasteiger partial charge on any atom is -0.381 e. The van der Waals surface area contributed by atoms with Gasteiger partial charge in [-0.25, -0.2) is 0 Å². The van der Waals surface area contributed by atoms with Crippen LogP contribution in [0.2, 0.25) is 0 Å². The van der Waals surface area contributed by atoms with Crippen molar-refractivity contribution in [2.45, 2.75) is 44.6 Å². The zero-order valence-electron chi connectivity index (χ0n) is 8.82. The molecule has 80 valence electrons. The Labute approximate surface area is 89.7 Å². The lowest BCUT2D eigenvalue weighted by Gasteiger charge is -2.13. The Bertz CT molecular complexity index is 366. The van der Waals surface area contributed by atoms with Crippen LogP contribution in [0.3, 0.4) is 0 Å². The Balaban J connectivity index is 2.17. The van der Waals surface area contributed by atoms with E-state index < -0.39 is 0 Å². The molecule has 15 heavy (non-hydrogen) atoms. The van der Waals surface area contributed by atoms with Gasteiger partial charge in [-0.05, 0) is 12.8 Å². The highest BCUT2D eigenvalue weighted by Gasteiger charge is 2.16. The summed E-state index contributed by atoms with van der Waals surface area (Å²) in [6, 6.07) is 2.50. The highest BCUT2D eigenvalue weighted by molar-refractivity contribution is 5.46. The molecule has 1 aromatic rings. The van der Waals surface area contributed by atoms with Gasteiger partial charge in [0.2, 0.25) is 0 Å². The number of hydrogen-bond acceptors (Lipinski definition) is 3. The van der Waals surface area contributed by atoms with Gasteiger partial charge in [0, 0.05) is 6.20 Å². The van der Waals surface area contributed by atoms with E-state index in [-0.39, 0.29) is 0 Å². The first-order valence-electron chi connectivity index (χ1n) is 5.56. The van der Waals surface area contributed by atoms with Crippen molar-refractivity contribution < 1.29 is 0 Å². The van der Waals surface area contributed by atoms with Gasteiger partial charge in [0.1, 0.15) is 11.6 Å². The molecule has 1 aliphatic rings. The largest absolute Gasteiger partial charge is 0.381 e. The third kappa shape index (κ3) is 2.12. The SMILES string of the molecule is N#Cc1cn(C2CCCCCC2)nc1N. The van der Waals surface area contributed by atoms with Gasteiger partial charge in [0.15, 0.2) is 5.82 Å². The fraction of sp³-hybridized carbons (Fsp3) is 0.636. The molecule has 1 aromatic heterocycles. The second-order valence-corrected chi connectivity index (χ2v) is 4.17. The first-order chi connectivity index (χ1) is 7.31. The number of nitrogen functional groups attached to an aromatic ring is 1. The minimum absolute atomic E-state index is 0.363. The fourth-order valence-corrected chi connectivity index (χ4v) is 2.20. The summed E-state index contributed by atoms with van der Waals surface area (Å²) in [6.45, 7) is 0. The van der Waals surface area contributed by atoms with Crippen molar-refractivity contribution in [1.82, 2.24) is 9.78 Å². The molecule has 1 heterocycles. The molecule has 2 N–H and O–H groups in total. The average Bonchev–Trinajstić information content (AvgIpc) is 2.48. The molecular formula is C11H16N4. The molecular weight excluding hydrogens is 188 g/mol. The van der Waals surface area contributed by atoms with Crippen LogP contribution in [0.25, 0.3) is 0 Å². The number of nitriles is 1. The Morgan fingerprint density at radius 2 is 2.00 bits per heavy atom. The Hall–Kier alpha value is -1.50. The summed E-state index contributed by atoms with van der Waals surface area (Å²) in [4.78, 5) is 0. The van der Waals surface area contributed by atoms with Crippen molar-refractivity contribution in [3.63, 3.8) is 0 Å². The van der Waals surface area contributed by atoms with E-state index in [1.54, 1.807) is 6.20 Å². The van der Waals surface area contributed by atoms with Crippen LogP contribution >= 0.6 is 0 Å². The number of anilines is 1. The van der Waals surface area contributed by atoms with Crippen molar-refractivity contribution in [3.8, 4) is 6.07 Å². The molecule has 1 fully saturated rings. The van der Waals surface area contributed by atoms with Gasteiger partial charge in [-0.2, -0.15) is 10.4 Å². The molecule has 0 aliphatic heterocycles. The van der Waals surface area contributed by atoms with Crippen LogP contribution in [-0.4, -0.2) is 9.78 Å². The van der Waals surface area contributed by atoms with Crippen molar-refractivity contribution in [2.75, 3.05) is 5.73 Å². The van der Waals surface area contributed by atoms with Crippen LogP contribution in [0.15, 0.2) is 6.20 Å². The zero-order chi connectivity index (χ0) is 10.7. The molecule has 0 aromatic carbocycles. The van der Waals surface area contributed by atoms with Gasteiger partial charge in [0.05, 0.1) is 6.04 Å². The highest BCUT2D eigenvalue weighted by Crippen LogP contribution is 2.27. The standard InChI is InChI=1S/C11H16N4/c12-7-9-8-15(14-11(9)13)10-5-3-1-2-4-6-10/h8,10H,1-6H2,(H2,13,14). The first-order valence-corrected chi connectivity index (χ1v) is 5.56. The van der Waals surface area contributed by atoms with Gasteiger partial charge >= 0.3 is 0 Å². The molecule has 0 atom stereocenters. The monoisotopic (exact) mass is 204 g/mol. The molecule has 0 bridgehead atoms. The third-order valence-corrected chi connectivity index (χ3v) is 3.08. The van der Waals surface area contributed by atoms with E-state index in [0.29, 0.717) is 17.4 Å². The van der Waals surface area contributed by atoms with Gasteiger partial charge in [-0.3, -0.25) is 4.68 Å². The summed E-state index contributed by atoms with van der Waals surface area (Å²) >= 11 is 0. The van der Waals surface area contributed by atoms with Crippen LogP contribution in [0.4, 0.5) is 5.82 Å².